The van der Waals surface area contributed by atoms with Gasteiger partial charge in [-0.1, -0.05) is 69.8 Å². The molecule has 0 aromatic carbocycles. The molecule has 0 aromatic rings. The molecule has 0 saturated heterocycles. The highest BCUT2D eigenvalue weighted by Crippen LogP contribution is 2.08. The summed E-state index contributed by atoms with van der Waals surface area (Å²) in [5.74, 6) is 6.41. The Morgan fingerprint density at radius 2 is 1.42 bits per heavy atom. The largest absolute Gasteiger partial charge is 0.308 e. The molecular weight excluding hydrogens is 292 g/mol. The highest BCUT2D eigenvalue weighted by atomic mass is 15.1. The van der Waals surface area contributed by atoms with Crippen LogP contribution in [0.1, 0.15) is 77.6 Å². The summed E-state index contributed by atoms with van der Waals surface area (Å²) in [7, 11) is 6.52. The van der Waals surface area contributed by atoms with Crippen LogP contribution in [0, 0.1) is 11.8 Å². The summed E-state index contributed by atoms with van der Waals surface area (Å²) in [5, 5.41) is 0. The first-order valence-electron chi connectivity index (χ1n) is 10.1. The molecule has 24 heavy (non-hydrogen) atoms. The third kappa shape index (κ3) is 19.3. The summed E-state index contributed by atoms with van der Waals surface area (Å²) >= 11 is 0. The molecule has 0 aliphatic carbocycles. The summed E-state index contributed by atoms with van der Waals surface area (Å²) in [6.45, 7) is 5.81. The van der Waals surface area contributed by atoms with Gasteiger partial charge in [0.25, 0.3) is 0 Å². The van der Waals surface area contributed by atoms with Gasteiger partial charge in [0.1, 0.15) is 0 Å². The van der Waals surface area contributed by atoms with Crippen LogP contribution in [0.3, 0.4) is 0 Å². The SMILES string of the molecule is CCCC/C=C\C#CCCCCCCCCCN(C)CCN(C)C. The fourth-order valence-corrected chi connectivity index (χ4v) is 2.56. The lowest BCUT2D eigenvalue weighted by atomic mass is 10.1. The van der Waals surface area contributed by atoms with Crippen LogP contribution < -0.4 is 0 Å². The standard InChI is InChI=1S/C22H42N2/c1-5-6-7-8-9-10-11-12-13-14-15-16-17-18-19-20-24(4)22-21-23(2)3/h8-9H,5-7,12-22H2,1-4H3/b9-8-. The minimum Gasteiger partial charge on any atom is -0.308 e. The van der Waals surface area contributed by atoms with Crippen LogP contribution in [-0.2, 0) is 0 Å². The van der Waals surface area contributed by atoms with Gasteiger partial charge in [0.2, 0.25) is 0 Å². The minimum atomic E-state index is 1.06. The summed E-state index contributed by atoms with van der Waals surface area (Å²) in [6.07, 6.45) is 18.5. The van der Waals surface area contributed by atoms with E-state index in [1.54, 1.807) is 0 Å². The molecule has 0 bridgehead atoms. The predicted octanol–water partition coefficient (Wildman–Crippen LogP) is 5.35. The molecule has 0 aliphatic rings. The molecule has 0 heterocycles. The van der Waals surface area contributed by atoms with Crippen LogP contribution in [0.25, 0.3) is 0 Å². The molecule has 0 amide bonds. The third-order valence-corrected chi connectivity index (χ3v) is 4.30. The molecule has 0 saturated carbocycles. The Kier molecular flexibility index (Phi) is 18.0. The fourth-order valence-electron chi connectivity index (χ4n) is 2.56. The molecule has 140 valence electrons. The normalized spacial score (nSPS) is 11.4. The van der Waals surface area contributed by atoms with E-state index in [9.17, 15) is 0 Å². The van der Waals surface area contributed by atoms with E-state index in [1.807, 2.05) is 6.08 Å². The van der Waals surface area contributed by atoms with Crippen LogP contribution in [0.4, 0.5) is 0 Å². The van der Waals surface area contributed by atoms with E-state index in [1.165, 1.54) is 77.3 Å². The van der Waals surface area contributed by atoms with Gasteiger partial charge in [-0.15, -0.1) is 0 Å². The molecule has 0 radical (unpaired) electrons. The molecule has 2 heteroatoms. The van der Waals surface area contributed by atoms with Crippen LogP contribution in [0.2, 0.25) is 0 Å². The zero-order valence-electron chi connectivity index (χ0n) is 16.9. The minimum absolute atomic E-state index is 1.06. The zero-order valence-corrected chi connectivity index (χ0v) is 16.9. The van der Waals surface area contributed by atoms with E-state index in [0.29, 0.717) is 0 Å². The first kappa shape index (κ1) is 23.2. The summed E-state index contributed by atoms with van der Waals surface area (Å²) in [6, 6.07) is 0. The maximum Gasteiger partial charge on any atom is 0.0106 e. The van der Waals surface area contributed by atoms with E-state index in [4.69, 9.17) is 0 Å². The van der Waals surface area contributed by atoms with Gasteiger partial charge in [0, 0.05) is 19.5 Å². The molecule has 0 atom stereocenters. The monoisotopic (exact) mass is 334 g/mol. The number of rotatable bonds is 15. The van der Waals surface area contributed by atoms with E-state index < -0.39 is 0 Å². The molecule has 0 unspecified atom stereocenters. The Morgan fingerprint density at radius 3 is 2.08 bits per heavy atom. The molecule has 0 aromatic heterocycles. The topological polar surface area (TPSA) is 6.48 Å². The molecule has 0 fully saturated rings. The molecule has 0 rings (SSSR count). The number of unbranched alkanes of at least 4 members (excludes halogenated alkanes) is 9. The lowest BCUT2D eigenvalue weighted by Crippen LogP contribution is -2.29. The maximum absolute atomic E-state index is 3.26. The van der Waals surface area contributed by atoms with Crippen LogP contribution in [0.15, 0.2) is 12.2 Å². The van der Waals surface area contributed by atoms with Crippen molar-refractivity contribution in [3.63, 3.8) is 0 Å². The van der Waals surface area contributed by atoms with Crippen molar-refractivity contribution in [2.24, 2.45) is 0 Å². The molecule has 0 N–H and O–H groups in total. The molecule has 0 aliphatic heterocycles. The van der Waals surface area contributed by atoms with Gasteiger partial charge in [-0.2, -0.15) is 0 Å². The van der Waals surface area contributed by atoms with Gasteiger partial charge in [0.05, 0.1) is 0 Å². The summed E-state index contributed by atoms with van der Waals surface area (Å²) < 4.78 is 0. The smallest absolute Gasteiger partial charge is 0.0106 e. The molecule has 0 spiro atoms. The van der Waals surface area contributed by atoms with Gasteiger partial charge in [-0.05, 0) is 53.0 Å². The second-order valence-electron chi connectivity index (χ2n) is 7.20. The van der Waals surface area contributed by atoms with Crippen molar-refractivity contribution in [2.45, 2.75) is 77.6 Å². The van der Waals surface area contributed by atoms with E-state index in [-0.39, 0.29) is 0 Å². The lowest BCUT2D eigenvalue weighted by Gasteiger charge is -2.19. The van der Waals surface area contributed by atoms with Crippen molar-refractivity contribution in [3.8, 4) is 11.8 Å². The summed E-state index contributed by atoms with van der Waals surface area (Å²) in [5.41, 5.74) is 0. The highest BCUT2D eigenvalue weighted by molar-refractivity contribution is 5.14. The Bertz CT molecular complexity index is 336. The Labute approximate surface area is 152 Å². The molecule has 2 nitrogen and oxygen atoms in total. The van der Waals surface area contributed by atoms with E-state index in [0.717, 1.165) is 13.0 Å². The van der Waals surface area contributed by atoms with Crippen molar-refractivity contribution in [2.75, 3.05) is 40.8 Å². The Hall–Kier alpha value is -0.780. The Morgan fingerprint density at radius 1 is 0.750 bits per heavy atom. The Balaban J connectivity index is 3.25. The van der Waals surface area contributed by atoms with Crippen molar-refractivity contribution in [1.82, 2.24) is 9.80 Å². The van der Waals surface area contributed by atoms with Gasteiger partial charge in [0.15, 0.2) is 0 Å². The van der Waals surface area contributed by atoms with Gasteiger partial charge in [-0.3, -0.25) is 0 Å². The number of hydrogen-bond donors (Lipinski definition) is 0. The number of hydrogen-bond acceptors (Lipinski definition) is 2. The predicted molar refractivity (Wildman–Crippen MR) is 109 cm³/mol. The quantitative estimate of drug-likeness (QED) is 0.294. The van der Waals surface area contributed by atoms with Crippen LogP contribution in [0.5, 0.6) is 0 Å². The third-order valence-electron chi connectivity index (χ3n) is 4.30. The van der Waals surface area contributed by atoms with E-state index in [2.05, 4.69) is 55.8 Å². The first-order valence-corrected chi connectivity index (χ1v) is 10.1. The van der Waals surface area contributed by atoms with E-state index >= 15 is 0 Å². The average molecular weight is 335 g/mol. The lowest BCUT2D eigenvalue weighted by molar-refractivity contribution is 0.277. The molecular formula is C22H42N2. The van der Waals surface area contributed by atoms with Crippen molar-refractivity contribution < 1.29 is 0 Å². The zero-order chi connectivity index (χ0) is 17.9. The van der Waals surface area contributed by atoms with Gasteiger partial charge >= 0.3 is 0 Å². The number of likely N-dealkylation sites (N-methyl/N-ethyl adjacent to an activating group) is 2. The van der Waals surface area contributed by atoms with Crippen LogP contribution >= 0.6 is 0 Å². The van der Waals surface area contributed by atoms with Gasteiger partial charge in [-0.25, -0.2) is 0 Å². The number of nitrogens with zero attached hydrogens (tertiary/aromatic N) is 2. The number of allylic oxidation sites excluding steroid dienone is 2. The van der Waals surface area contributed by atoms with Crippen molar-refractivity contribution in [1.29, 1.82) is 0 Å². The van der Waals surface area contributed by atoms with Crippen molar-refractivity contribution >= 4 is 0 Å². The summed E-state index contributed by atoms with van der Waals surface area (Å²) in [4.78, 5) is 4.71. The average Bonchev–Trinajstić information content (AvgIpc) is 2.56. The fraction of sp³-hybridized carbons (Fsp3) is 0.818. The first-order chi connectivity index (χ1) is 11.7. The van der Waals surface area contributed by atoms with Crippen molar-refractivity contribution in [3.05, 3.63) is 12.2 Å². The maximum atomic E-state index is 3.26. The second kappa shape index (κ2) is 18.6. The second-order valence-corrected chi connectivity index (χ2v) is 7.20. The van der Waals surface area contributed by atoms with Gasteiger partial charge < -0.3 is 9.80 Å². The highest BCUT2D eigenvalue weighted by Gasteiger charge is 1.99. The van der Waals surface area contributed by atoms with Crippen LogP contribution in [-0.4, -0.2) is 50.6 Å².